The molecule has 1 aromatic carbocycles. The molecular formula is C9H9O3. The lowest BCUT2D eigenvalue weighted by Gasteiger charge is -2.04. The van der Waals surface area contributed by atoms with E-state index in [1.165, 1.54) is 6.07 Å². The summed E-state index contributed by atoms with van der Waals surface area (Å²) in [6.07, 6.45) is 0. The van der Waals surface area contributed by atoms with Crippen LogP contribution >= 0.6 is 0 Å². The van der Waals surface area contributed by atoms with E-state index in [0.717, 1.165) is 0 Å². The van der Waals surface area contributed by atoms with Crippen LogP contribution in [0.5, 0.6) is 0 Å². The summed E-state index contributed by atoms with van der Waals surface area (Å²) >= 11 is 0. The van der Waals surface area contributed by atoms with Crippen LogP contribution in [0.3, 0.4) is 0 Å². The van der Waals surface area contributed by atoms with Crippen molar-refractivity contribution in [3.8, 4) is 0 Å². The Morgan fingerprint density at radius 3 is 2.67 bits per heavy atom. The van der Waals surface area contributed by atoms with E-state index in [1.807, 2.05) is 0 Å². The van der Waals surface area contributed by atoms with Gasteiger partial charge in [0.15, 0.2) is 0 Å². The lowest BCUT2D eigenvalue weighted by molar-refractivity contribution is 0.0696. The first kappa shape index (κ1) is 8.74. The number of aliphatic hydroxyl groups is 1. The molecule has 0 fully saturated rings. The quantitative estimate of drug-likeness (QED) is 0.688. The van der Waals surface area contributed by atoms with E-state index < -0.39 is 5.97 Å². The zero-order valence-electron chi connectivity index (χ0n) is 6.45. The Morgan fingerprint density at radius 1 is 1.50 bits per heavy atom. The summed E-state index contributed by atoms with van der Waals surface area (Å²) in [6, 6.07) is 4.70. The van der Waals surface area contributed by atoms with Crippen LogP contribution in [0, 0.1) is 6.92 Å². The van der Waals surface area contributed by atoms with E-state index in [0.29, 0.717) is 11.1 Å². The largest absolute Gasteiger partial charge is 0.478 e. The van der Waals surface area contributed by atoms with E-state index in [9.17, 15) is 4.79 Å². The van der Waals surface area contributed by atoms with Crippen molar-refractivity contribution < 1.29 is 15.0 Å². The highest BCUT2D eigenvalue weighted by Gasteiger charge is 2.08. The molecule has 0 saturated carbocycles. The maximum atomic E-state index is 10.6. The number of carboxylic acid groups (broad SMARTS) is 1. The summed E-state index contributed by atoms with van der Waals surface area (Å²) in [5.74, 6) is -1.02. The third-order valence-corrected chi connectivity index (χ3v) is 1.67. The zero-order chi connectivity index (χ0) is 9.14. The van der Waals surface area contributed by atoms with Gasteiger partial charge in [-0.25, -0.2) is 4.79 Å². The van der Waals surface area contributed by atoms with Crippen molar-refractivity contribution >= 4 is 5.97 Å². The summed E-state index contributed by atoms with van der Waals surface area (Å²) in [4.78, 5) is 10.6. The molecule has 0 heterocycles. The first-order valence-electron chi connectivity index (χ1n) is 3.45. The molecule has 0 aliphatic rings. The normalized spacial score (nSPS) is 9.83. The number of hydrogen-bond donors (Lipinski definition) is 2. The fraction of sp³-hybridized carbons (Fsp3) is 0.111. The molecule has 0 aliphatic carbocycles. The number of hydrogen-bond acceptors (Lipinski definition) is 2. The number of rotatable bonds is 2. The van der Waals surface area contributed by atoms with Gasteiger partial charge in [-0.15, -0.1) is 0 Å². The Morgan fingerprint density at radius 2 is 2.17 bits per heavy atom. The van der Waals surface area contributed by atoms with E-state index in [2.05, 4.69) is 6.92 Å². The van der Waals surface area contributed by atoms with Crippen LogP contribution in [-0.2, 0) is 6.61 Å². The highest BCUT2D eigenvalue weighted by Crippen LogP contribution is 2.13. The maximum Gasteiger partial charge on any atom is 0.335 e. The van der Waals surface area contributed by atoms with Gasteiger partial charge in [-0.1, -0.05) is 12.1 Å². The van der Waals surface area contributed by atoms with Crippen molar-refractivity contribution in [2.75, 3.05) is 0 Å². The molecule has 1 aromatic rings. The van der Waals surface area contributed by atoms with Gasteiger partial charge >= 0.3 is 5.97 Å². The van der Waals surface area contributed by atoms with Gasteiger partial charge < -0.3 is 10.2 Å². The Kier molecular flexibility index (Phi) is 2.45. The Hall–Kier alpha value is -1.35. The summed E-state index contributed by atoms with van der Waals surface area (Å²) in [7, 11) is 0. The third-order valence-electron chi connectivity index (χ3n) is 1.67. The van der Waals surface area contributed by atoms with Crippen molar-refractivity contribution in [3.05, 3.63) is 41.8 Å². The van der Waals surface area contributed by atoms with Crippen molar-refractivity contribution in [1.82, 2.24) is 0 Å². The predicted octanol–water partition coefficient (Wildman–Crippen LogP) is 1.06. The van der Waals surface area contributed by atoms with Crippen LogP contribution in [0.25, 0.3) is 0 Å². The van der Waals surface area contributed by atoms with Crippen LogP contribution in [0.4, 0.5) is 0 Å². The first-order valence-corrected chi connectivity index (χ1v) is 3.45. The van der Waals surface area contributed by atoms with Crippen LogP contribution in [0.1, 0.15) is 21.5 Å². The van der Waals surface area contributed by atoms with Gasteiger partial charge in [-0.05, 0) is 24.1 Å². The molecule has 12 heavy (non-hydrogen) atoms. The second-order valence-electron chi connectivity index (χ2n) is 2.41. The summed E-state index contributed by atoms with van der Waals surface area (Å²) in [5.41, 5.74) is 1.07. The van der Waals surface area contributed by atoms with E-state index in [4.69, 9.17) is 10.2 Å². The molecular weight excluding hydrogens is 156 g/mol. The standard InChI is InChI=1S/C9H9O3/c1-6-7(5-10)3-2-4-8(6)9(11)12/h2-4,10H,1,5H2,(H,11,12). The second-order valence-corrected chi connectivity index (χ2v) is 2.41. The third kappa shape index (κ3) is 1.46. The molecule has 0 aliphatic heterocycles. The molecule has 2 N–H and O–H groups in total. The summed E-state index contributed by atoms with van der Waals surface area (Å²) in [6.45, 7) is 3.39. The molecule has 0 spiro atoms. The molecule has 1 radical (unpaired) electrons. The molecule has 0 saturated heterocycles. The van der Waals surface area contributed by atoms with Gasteiger partial charge in [0.05, 0.1) is 12.2 Å². The van der Waals surface area contributed by atoms with Crippen LogP contribution in [-0.4, -0.2) is 16.2 Å². The molecule has 0 atom stereocenters. The summed E-state index contributed by atoms with van der Waals surface area (Å²) in [5, 5.41) is 17.5. The molecule has 0 aromatic heterocycles. The minimum absolute atomic E-state index is 0.140. The van der Waals surface area contributed by atoms with Gasteiger partial charge in [0.1, 0.15) is 0 Å². The van der Waals surface area contributed by atoms with Crippen LogP contribution in [0.15, 0.2) is 18.2 Å². The maximum absolute atomic E-state index is 10.6. The SMILES string of the molecule is [CH2]c1c(CO)cccc1C(=O)O. The monoisotopic (exact) mass is 165 g/mol. The second kappa shape index (κ2) is 3.36. The van der Waals surface area contributed by atoms with E-state index in [-0.39, 0.29) is 12.2 Å². The summed E-state index contributed by atoms with van der Waals surface area (Å²) < 4.78 is 0. The number of aromatic carboxylic acids is 1. The average Bonchev–Trinajstić information content (AvgIpc) is 2.04. The first-order chi connectivity index (χ1) is 5.66. The van der Waals surface area contributed by atoms with Gasteiger partial charge in [-0.3, -0.25) is 0 Å². The number of benzene rings is 1. The molecule has 3 heteroatoms. The molecule has 0 bridgehead atoms. The van der Waals surface area contributed by atoms with Gasteiger partial charge in [0, 0.05) is 0 Å². The smallest absolute Gasteiger partial charge is 0.335 e. The highest BCUT2D eigenvalue weighted by atomic mass is 16.4. The fourth-order valence-corrected chi connectivity index (χ4v) is 0.983. The number of carboxylic acids is 1. The molecule has 0 unspecified atom stereocenters. The van der Waals surface area contributed by atoms with Crippen LogP contribution < -0.4 is 0 Å². The molecule has 3 nitrogen and oxygen atoms in total. The molecule has 63 valence electrons. The lowest BCUT2D eigenvalue weighted by atomic mass is 10.0. The Labute approximate surface area is 70.3 Å². The minimum atomic E-state index is -1.02. The van der Waals surface area contributed by atoms with Crippen LogP contribution in [0.2, 0.25) is 0 Å². The minimum Gasteiger partial charge on any atom is -0.478 e. The Balaban J connectivity index is 3.23. The molecule has 1 rings (SSSR count). The van der Waals surface area contributed by atoms with E-state index >= 15 is 0 Å². The van der Waals surface area contributed by atoms with Gasteiger partial charge in [-0.2, -0.15) is 0 Å². The Bertz CT molecular complexity index is 305. The van der Waals surface area contributed by atoms with E-state index in [1.54, 1.807) is 12.1 Å². The lowest BCUT2D eigenvalue weighted by Crippen LogP contribution is -2.02. The zero-order valence-corrected chi connectivity index (χ0v) is 6.45. The van der Waals surface area contributed by atoms with Crippen molar-refractivity contribution in [1.29, 1.82) is 0 Å². The van der Waals surface area contributed by atoms with Gasteiger partial charge in [0.25, 0.3) is 0 Å². The van der Waals surface area contributed by atoms with Crippen molar-refractivity contribution in [2.45, 2.75) is 6.61 Å². The van der Waals surface area contributed by atoms with Crippen molar-refractivity contribution in [2.24, 2.45) is 0 Å². The van der Waals surface area contributed by atoms with Gasteiger partial charge in [0.2, 0.25) is 0 Å². The fourth-order valence-electron chi connectivity index (χ4n) is 0.983. The number of carbonyl (C=O) groups is 1. The van der Waals surface area contributed by atoms with Crippen molar-refractivity contribution in [3.63, 3.8) is 0 Å². The molecule has 0 amide bonds. The highest BCUT2D eigenvalue weighted by molar-refractivity contribution is 5.90. The number of aliphatic hydroxyl groups excluding tert-OH is 1. The predicted molar refractivity (Wildman–Crippen MR) is 43.8 cm³/mol. The topological polar surface area (TPSA) is 57.5 Å². The average molecular weight is 165 g/mol.